The van der Waals surface area contributed by atoms with Crippen molar-refractivity contribution < 1.29 is 0 Å². The van der Waals surface area contributed by atoms with Crippen LogP contribution in [0.25, 0.3) is 16.7 Å². The Morgan fingerprint density at radius 1 is 0.636 bits per heavy atom. The van der Waals surface area contributed by atoms with Crippen molar-refractivity contribution in [3.05, 3.63) is 65.7 Å². The van der Waals surface area contributed by atoms with Gasteiger partial charge in [-0.2, -0.15) is 0 Å². The molecule has 0 amide bonds. The van der Waals surface area contributed by atoms with Crippen LogP contribution in [0.5, 0.6) is 0 Å². The zero-order chi connectivity index (χ0) is 22.9. The molecule has 0 aromatic heterocycles. The number of rotatable bonds is 10. The summed E-state index contributed by atoms with van der Waals surface area (Å²) in [4.78, 5) is 0. The van der Waals surface area contributed by atoms with Gasteiger partial charge in [0.05, 0.1) is 0 Å². The molecule has 0 saturated heterocycles. The molecular weight excluding hydrogens is 396 g/mol. The van der Waals surface area contributed by atoms with Gasteiger partial charge in [-0.25, -0.2) is 0 Å². The average Bonchev–Trinajstić information content (AvgIpc) is 2.89. The Balaban J connectivity index is 1.27. The summed E-state index contributed by atoms with van der Waals surface area (Å²) in [6, 6.07) is 18.9. The van der Waals surface area contributed by atoms with E-state index in [0.717, 1.165) is 17.8 Å². The number of unbranched alkanes of at least 4 members (excludes halogenated alkanes) is 4. The van der Waals surface area contributed by atoms with Crippen LogP contribution in [0.2, 0.25) is 0 Å². The molecule has 2 aromatic carbocycles. The van der Waals surface area contributed by atoms with Gasteiger partial charge >= 0.3 is 0 Å². The van der Waals surface area contributed by atoms with Crippen LogP contribution in [-0.4, -0.2) is 0 Å². The van der Waals surface area contributed by atoms with E-state index < -0.39 is 0 Å². The van der Waals surface area contributed by atoms with Crippen molar-refractivity contribution in [1.29, 1.82) is 0 Å². The van der Waals surface area contributed by atoms with Gasteiger partial charge in [0.15, 0.2) is 0 Å². The van der Waals surface area contributed by atoms with E-state index in [9.17, 15) is 0 Å². The molecule has 0 spiro atoms. The number of benzene rings is 2. The van der Waals surface area contributed by atoms with Crippen LogP contribution < -0.4 is 0 Å². The van der Waals surface area contributed by atoms with Gasteiger partial charge in [0.25, 0.3) is 0 Å². The topological polar surface area (TPSA) is 0 Å². The van der Waals surface area contributed by atoms with Crippen LogP contribution >= 0.6 is 0 Å². The molecule has 0 heterocycles. The lowest BCUT2D eigenvalue weighted by Crippen LogP contribution is -2.13. The van der Waals surface area contributed by atoms with E-state index in [-0.39, 0.29) is 0 Å². The van der Waals surface area contributed by atoms with Gasteiger partial charge in [0, 0.05) is 0 Å². The largest absolute Gasteiger partial charge is 0.0804 e. The third kappa shape index (κ3) is 6.84. The quantitative estimate of drug-likeness (QED) is 0.321. The molecule has 4 rings (SSSR count). The lowest BCUT2D eigenvalue weighted by Gasteiger charge is -2.29. The summed E-state index contributed by atoms with van der Waals surface area (Å²) in [5, 5.41) is 0. The van der Waals surface area contributed by atoms with Crippen LogP contribution in [0.1, 0.15) is 121 Å². The molecule has 33 heavy (non-hydrogen) atoms. The Morgan fingerprint density at radius 2 is 1.27 bits per heavy atom. The number of hydrogen-bond donors (Lipinski definition) is 0. The van der Waals surface area contributed by atoms with E-state index >= 15 is 0 Å². The minimum atomic E-state index is 0.781. The molecule has 1 atom stereocenters. The van der Waals surface area contributed by atoms with Crippen LogP contribution in [0.15, 0.2) is 54.6 Å². The molecule has 0 aliphatic heterocycles. The maximum Gasteiger partial charge on any atom is -0.0162 e. The van der Waals surface area contributed by atoms with Gasteiger partial charge in [-0.15, -0.1) is 0 Å². The van der Waals surface area contributed by atoms with Crippen molar-refractivity contribution in [2.75, 3.05) is 0 Å². The van der Waals surface area contributed by atoms with Gasteiger partial charge in [-0.3, -0.25) is 0 Å². The van der Waals surface area contributed by atoms with Crippen molar-refractivity contribution in [1.82, 2.24) is 0 Å². The fourth-order valence-corrected chi connectivity index (χ4v) is 6.17. The third-order valence-corrected chi connectivity index (χ3v) is 8.63. The average molecular weight is 443 g/mol. The first-order valence-corrected chi connectivity index (χ1v) is 14.2. The molecule has 2 aliphatic rings. The van der Waals surface area contributed by atoms with Crippen molar-refractivity contribution in [2.45, 2.75) is 110 Å². The predicted molar refractivity (Wildman–Crippen MR) is 146 cm³/mol. The van der Waals surface area contributed by atoms with Crippen molar-refractivity contribution in [3.63, 3.8) is 0 Å². The van der Waals surface area contributed by atoms with E-state index in [1.807, 2.05) is 0 Å². The summed E-state index contributed by atoms with van der Waals surface area (Å²) in [5.74, 6) is 2.67. The van der Waals surface area contributed by atoms with Crippen molar-refractivity contribution >= 4 is 5.57 Å². The normalized spacial score (nSPS) is 23.3. The van der Waals surface area contributed by atoms with Gasteiger partial charge in [-0.1, -0.05) is 113 Å². The van der Waals surface area contributed by atoms with Gasteiger partial charge in [0.2, 0.25) is 0 Å². The molecule has 2 aliphatic carbocycles. The highest BCUT2D eigenvalue weighted by Crippen LogP contribution is 2.38. The Labute approximate surface area is 203 Å². The second-order valence-corrected chi connectivity index (χ2v) is 10.9. The molecule has 1 unspecified atom stereocenters. The molecule has 2 aromatic rings. The lowest BCUT2D eigenvalue weighted by molar-refractivity contribution is 0.302. The lowest BCUT2D eigenvalue weighted by atomic mass is 9.77. The Kier molecular flexibility index (Phi) is 9.27. The van der Waals surface area contributed by atoms with Gasteiger partial charge < -0.3 is 0 Å². The molecule has 178 valence electrons. The fourth-order valence-electron chi connectivity index (χ4n) is 6.17. The molecule has 0 radical (unpaired) electrons. The molecule has 0 nitrogen and oxygen atoms in total. The summed E-state index contributed by atoms with van der Waals surface area (Å²) < 4.78 is 0. The minimum Gasteiger partial charge on any atom is -0.0804 e. The smallest absolute Gasteiger partial charge is 0.0162 e. The second-order valence-electron chi connectivity index (χ2n) is 10.9. The van der Waals surface area contributed by atoms with E-state index in [4.69, 9.17) is 0 Å². The van der Waals surface area contributed by atoms with E-state index in [1.165, 1.54) is 107 Å². The minimum absolute atomic E-state index is 0.781. The zero-order valence-electron chi connectivity index (χ0n) is 21.3. The molecular formula is C33H46. The molecule has 1 fully saturated rings. The summed E-state index contributed by atoms with van der Waals surface area (Å²) in [5.41, 5.74) is 7.24. The summed E-state index contributed by atoms with van der Waals surface area (Å²) >= 11 is 0. The fraction of sp³-hybridized carbons (Fsp3) is 0.576. The zero-order valence-corrected chi connectivity index (χ0v) is 21.3. The first kappa shape index (κ1) is 24.3. The van der Waals surface area contributed by atoms with Crippen LogP contribution in [0.3, 0.4) is 0 Å². The number of hydrogen-bond acceptors (Lipinski definition) is 0. The van der Waals surface area contributed by atoms with Crippen molar-refractivity contribution in [3.8, 4) is 11.1 Å². The van der Waals surface area contributed by atoms with Crippen LogP contribution in [0, 0.1) is 11.8 Å². The Bertz CT molecular complexity index is 846. The van der Waals surface area contributed by atoms with Crippen LogP contribution in [0.4, 0.5) is 0 Å². The molecule has 0 heteroatoms. The molecule has 1 saturated carbocycles. The van der Waals surface area contributed by atoms with Gasteiger partial charge in [0.1, 0.15) is 0 Å². The van der Waals surface area contributed by atoms with Crippen molar-refractivity contribution in [2.24, 2.45) is 11.8 Å². The number of allylic oxidation sites excluding steroid dienone is 2. The monoisotopic (exact) mass is 442 g/mol. The third-order valence-electron chi connectivity index (χ3n) is 8.63. The maximum absolute atomic E-state index is 2.49. The highest BCUT2D eigenvalue weighted by molar-refractivity contribution is 5.71. The highest BCUT2D eigenvalue weighted by Gasteiger charge is 2.22. The first-order chi connectivity index (χ1) is 16.3. The molecule has 0 bridgehead atoms. The predicted octanol–water partition coefficient (Wildman–Crippen LogP) is 10.6. The van der Waals surface area contributed by atoms with Gasteiger partial charge in [-0.05, 0) is 90.5 Å². The van der Waals surface area contributed by atoms with E-state index in [2.05, 4.69) is 68.5 Å². The Morgan fingerprint density at radius 3 is 1.88 bits per heavy atom. The first-order valence-electron chi connectivity index (χ1n) is 14.2. The summed E-state index contributed by atoms with van der Waals surface area (Å²) in [7, 11) is 0. The van der Waals surface area contributed by atoms with E-state index in [1.54, 1.807) is 11.1 Å². The standard InChI is InChI=1S/C33H46/c1-3-5-6-7-8-9-27-12-16-29(17-13-27)31-20-24-33(25-21-31)32-22-18-30(19-23-32)28-14-10-26(4-2)11-15-28/h14,18-27,29H,3-13,15-17H2,1-2H3/t26?,27-,29-. The summed E-state index contributed by atoms with van der Waals surface area (Å²) in [6.07, 6.45) is 21.9. The Hall–Kier alpha value is -1.82. The molecule has 0 N–H and O–H groups in total. The summed E-state index contributed by atoms with van der Waals surface area (Å²) in [6.45, 7) is 4.63. The second kappa shape index (κ2) is 12.6. The highest BCUT2D eigenvalue weighted by atomic mass is 14.3. The van der Waals surface area contributed by atoms with Crippen LogP contribution in [-0.2, 0) is 0 Å². The maximum atomic E-state index is 2.49. The SMILES string of the molecule is CCCCCCC[C@H]1CC[C@H](c2ccc(-c3ccc(C4=CCC(CC)CC4)cc3)cc2)CC1. The van der Waals surface area contributed by atoms with E-state index in [0.29, 0.717) is 0 Å².